The van der Waals surface area contributed by atoms with Crippen LogP contribution >= 0.6 is 22.6 Å². The van der Waals surface area contributed by atoms with Crippen LogP contribution in [0.2, 0.25) is 0 Å². The third-order valence-electron chi connectivity index (χ3n) is 4.51. The van der Waals surface area contributed by atoms with Crippen LogP contribution in [0.25, 0.3) is 0 Å². The third-order valence-corrected chi connectivity index (χ3v) is 5.23. The van der Waals surface area contributed by atoms with E-state index in [-0.39, 0.29) is 11.5 Å². The lowest BCUT2D eigenvalue weighted by atomic mass is 9.81. The number of hydrogen-bond acceptors (Lipinski definition) is 2. The summed E-state index contributed by atoms with van der Waals surface area (Å²) in [5.41, 5.74) is 0.891. The minimum Gasteiger partial charge on any atom is -0.375 e. The highest BCUT2D eigenvalue weighted by Gasteiger charge is 2.41. The van der Waals surface area contributed by atoms with Crippen molar-refractivity contribution < 1.29 is 9.53 Å². The Balaban J connectivity index is 1.74. The zero-order valence-electron chi connectivity index (χ0n) is 11.0. The lowest BCUT2D eigenvalue weighted by molar-refractivity contribution is -0.0866. The van der Waals surface area contributed by atoms with Crippen molar-refractivity contribution in [3.63, 3.8) is 0 Å². The highest BCUT2D eigenvalue weighted by atomic mass is 127. The van der Waals surface area contributed by atoms with E-state index in [2.05, 4.69) is 22.6 Å². The van der Waals surface area contributed by atoms with E-state index in [1.807, 2.05) is 24.3 Å². The van der Waals surface area contributed by atoms with Gasteiger partial charge in [-0.25, -0.2) is 0 Å². The van der Waals surface area contributed by atoms with Crippen LogP contribution in [0.1, 0.15) is 48.9 Å². The Morgan fingerprint density at radius 3 is 2.58 bits per heavy atom. The molecule has 0 amide bonds. The van der Waals surface area contributed by atoms with Gasteiger partial charge in [-0.2, -0.15) is 0 Å². The quantitative estimate of drug-likeness (QED) is 0.576. The number of carbonyl (C=O) groups is 1. The molecule has 102 valence electrons. The first-order valence-electron chi connectivity index (χ1n) is 7.12. The van der Waals surface area contributed by atoms with Crippen LogP contribution in [0.3, 0.4) is 0 Å². The molecular formula is C16H19IO2. The van der Waals surface area contributed by atoms with Crippen molar-refractivity contribution in [2.75, 3.05) is 6.61 Å². The molecule has 3 rings (SSSR count). The number of carbonyl (C=O) groups excluding carboxylic acids is 1. The predicted octanol–water partition coefficient (Wildman–Crippen LogP) is 4.21. The summed E-state index contributed by atoms with van der Waals surface area (Å²) in [4.78, 5) is 12.6. The van der Waals surface area contributed by atoms with Gasteiger partial charge in [-0.3, -0.25) is 4.79 Å². The lowest BCUT2D eigenvalue weighted by Crippen LogP contribution is -2.39. The normalized spacial score (nSPS) is 25.6. The molecule has 0 bridgehead atoms. The van der Waals surface area contributed by atoms with Gasteiger partial charge in [0.25, 0.3) is 0 Å². The average Bonchev–Trinajstić information content (AvgIpc) is 2.87. The van der Waals surface area contributed by atoms with Gasteiger partial charge in [-0.1, -0.05) is 25.0 Å². The van der Waals surface area contributed by atoms with Gasteiger partial charge >= 0.3 is 0 Å². The largest absolute Gasteiger partial charge is 0.375 e. The number of halogens is 1. The first-order valence-corrected chi connectivity index (χ1v) is 8.20. The van der Waals surface area contributed by atoms with E-state index in [1.165, 1.54) is 16.4 Å². The molecule has 1 spiro atoms. The predicted molar refractivity (Wildman–Crippen MR) is 83.4 cm³/mol. The van der Waals surface area contributed by atoms with Gasteiger partial charge in [-0.15, -0.1) is 0 Å². The molecule has 0 aromatic heterocycles. The van der Waals surface area contributed by atoms with Crippen LogP contribution < -0.4 is 0 Å². The van der Waals surface area contributed by atoms with E-state index in [0.717, 1.165) is 37.9 Å². The Morgan fingerprint density at radius 1 is 1.21 bits per heavy atom. The molecule has 1 heterocycles. The fraction of sp³-hybridized carbons (Fsp3) is 0.562. The van der Waals surface area contributed by atoms with Crippen molar-refractivity contribution in [3.8, 4) is 0 Å². The second-order valence-electron chi connectivity index (χ2n) is 5.80. The van der Waals surface area contributed by atoms with E-state index < -0.39 is 0 Å². The number of rotatable bonds is 2. The monoisotopic (exact) mass is 370 g/mol. The number of ketones is 1. The van der Waals surface area contributed by atoms with Crippen LogP contribution in [0.4, 0.5) is 0 Å². The Kier molecular flexibility index (Phi) is 3.94. The summed E-state index contributed by atoms with van der Waals surface area (Å²) in [5, 5.41) is 0. The molecule has 1 saturated carbocycles. The molecule has 1 atom stereocenters. The summed E-state index contributed by atoms with van der Waals surface area (Å²) >= 11 is 2.27. The molecule has 1 unspecified atom stereocenters. The molecule has 2 fully saturated rings. The molecule has 1 aliphatic carbocycles. The minimum absolute atomic E-state index is 0.0295. The second-order valence-corrected chi connectivity index (χ2v) is 7.05. The smallest absolute Gasteiger partial charge is 0.166 e. The Labute approximate surface area is 128 Å². The standard InChI is InChI=1S/C16H19IO2/c17-14-5-3-12(4-6-14)15(18)13-7-10-19-16(11-13)8-1-2-9-16/h3-6,13H,1-2,7-11H2. The molecule has 19 heavy (non-hydrogen) atoms. The molecule has 2 nitrogen and oxygen atoms in total. The maximum atomic E-state index is 12.6. The number of hydrogen-bond donors (Lipinski definition) is 0. The third kappa shape index (κ3) is 2.87. The number of ether oxygens (including phenoxy) is 1. The molecule has 1 aromatic carbocycles. The van der Waals surface area contributed by atoms with E-state index in [9.17, 15) is 4.79 Å². The van der Waals surface area contributed by atoms with Crippen LogP contribution in [0, 0.1) is 9.49 Å². The summed E-state index contributed by atoms with van der Waals surface area (Å²) < 4.78 is 7.18. The maximum Gasteiger partial charge on any atom is 0.166 e. The molecule has 1 aliphatic heterocycles. The van der Waals surface area contributed by atoms with E-state index in [0.29, 0.717) is 5.78 Å². The van der Waals surface area contributed by atoms with Gasteiger partial charge in [0.1, 0.15) is 0 Å². The van der Waals surface area contributed by atoms with Crippen molar-refractivity contribution in [1.82, 2.24) is 0 Å². The van der Waals surface area contributed by atoms with Crippen LogP contribution in [0.5, 0.6) is 0 Å². The molecule has 1 aromatic rings. The summed E-state index contributed by atoms with van der Waals surface area (Å²) in [7, 11) is 0. The van der Waals surface area contributed by atoms with Crippen molar-refractivity contribution >= 4 is 28.4 Å². The summed E-state index contributed by atoms with van der Waals surface area (Å²) in [5.74, 6) is 0.470. The van der Waals surface area contributed by atoms with Gasteiger partial charge in [0, 0.05) is 21.7 Å². The molecule has 2 aliphatic rings. The Bertz CT molecular complexity index is 460. The van der Waals surface area contributed by atoms with Crippen LogP contribution in [-0.2, 0) is 4.74 Å². The first kappa shape index (κ1) is 13.6. The van der Waals surface area contributed by atoms with Crippen molar-refractivity contribution in [1.29, 1.82) is 0 Å². The summed E-state index contributed by atoms with van der Waals surface area (Å²) in [6.45, 7) is 0.751. The summed E-state index contributed by atoms with van der Waals surface area (Å²) in [6, 6.07) is 7.94. The first-order chi connectivity index (χ1) is 9.19. The highest BCUT2D eigenvalue weighted by molar-refractivity contribution is 14.1. The minimum atomic E-state index is 0.0295. The molecule has 0 radical (unpaired) electrons. The van der Waals surface area contributed by atoms with E-state index >= 15 is 0 Å². The zero-order chi connectivity index (χ0) is 13.3. The zero-order valence-corrected chi connectivity index (χ0v) is 13.2. The van der Waals surface area contributed by atoms with E-state index in [4.69, 9.17) is 4.74 Å². The van der Waals surface area contributed by atoms with E-state index in [1.54, 1.807) is 0 Å². The van der Waals surface area contributed by atoms with Gasteiger partial charge < -0.3 is 4.74 Å². The number of Topliss-reactive ketones (excluding diaryl/α,β-unsaturated/α-hetero) is 1. The fourth-order valence-electron chi connectivity index (χ4n) is 3.47. The van der Waals surface area contributed by atoms with Crippen molar-refractivity contribution in [2.45, 2.75) is 44.1 Å². The van der Waals surface area contributed by atoms with Gasteiger partial charge in [0.15, 0.2) is 5.78 Å². The fourth-order valence-corrected chi connectivity index (χ4v) is 3.83. The second kappa shape index (κ2) is 5.52. The van der Waals surface area contributed by atoms with Gasteiger partial charge in [0.2, 0.25) is 0 Å². The Hall–Kier alpha value is -0.420. The topological polar surface area (TPSA) is 26.3 Å². The number of benzene rings is 1. The SMILES string of the molecule is O=C(c1ccc(I)cc1)C1CCOC2(CCCC2)C1. The molecule has 0 N–H and O–H groups in total. The molecular weight excluding hydrogens is 351 g/mol. The molecule has 1 saturated heterocycles. The lowest BCUT2D eigenvalue weighted by Gasteiger charge is -2.37. The van der Waals surface area contributed by atoms with Crippen molar-refractivity contribution in [3.05, 3.63) is 33.4 Å². The average molecular weight is 370 g/mol. The van der Waals surface area contributed by atoms with Gasteiger partial charge in [-0.05, 0) is 60.4 Å². The Morgan fingerprint density at radius 2 is 1.89 bits per heavy atom. The maximum absolute atomic E-state index is 12.6. The summed E-state index contributed by atoms with van der Waals surface area (Å²) in [6.07, 6.45) is 6.60. The van der Waals surface area contributed by atoms with Crippen LogP contribution in [0.15, 0.2) is 24.3 Å². The van der Waals surface area contributed by atoms with Gasteiger partial charge in [0.05, 0.1) is 5.60 Å². The van der Waals surface area contributed by atoms with Crippen molar-refractivity contribution in [2.24, 2.45) is 5.92 Å². The van der Waals surface area contributed by atoms with Crippen LogP contribution in [-0.4, -0.2) is 18.0 Å². The highest BCUT2D eigenvalue weighted by Crippen LogP contribution is 2.42. The molecule has 3 heteroatoms.